The summed E-state index contributed by atoms with van der Waals surface area (Å²) in [6.07, 6.45) is 0.852. The molecule has 2 aromatic carbocycles. The van der Waals surface area contributed by atoms with Gasteiger partial charge in [0.2, 0.25) is 0 Å². The van der Waals surface area contributed by atoms with Crippen molar-refractivity contribution in [2.75, 3.05) is 6.26 Å². The lowest BCUT2D eigenvalue weighted by Gasteiger charge is -2.43. The molecule has 4 rings (SSSR count). The van der Waals surface area contributed by atoms with Gasteiger partial charge in [-0.15, -0.1) is 23.1 Å². The molecule has 1 fully saturated rings. The highest BCUT2D eigenvalue weighted by Crippen LogP contribution is 2.39. The molecule has 0 amide bonds. The highest BCUT2D eigenvalue weighted by atomic mass is 32.2. The normalized spacial score (nSPS) is 23.5. The van der Waals surface area contributed by atoms with Crippen molar-refractivity contribution in [1.82, 2.24) is 0 Å². The molecule has 0 saturated carbocycles. The van der Waals surface area contributed by atoms with Crippen molar-refractivity contribution in [3.63, 3.8) is 0 Å². The molecule has 37 heavy (non-hydrogen) atoms. The molecule has 1 aliphatic rings. The highest BCUT2D eigenvalue weighted by molar-refractivity contribution is 7.98. The van der Waals surface area contributed by atoms with Crippen LogP contribution in [0.4, 0.5) is 0 Å². The summed E-state index contributed by atoms with van der Waals surface area (Å²) in [4.78, 5) is 27.6. The molecule has 0 aliphatic carbocycles. The van der Waals surface area contributed by atoms with Crippen LogP contribution in [0.2, 0.25) is 0 Å². The van der Waals surface area contributed by atoms with Crippen LogP contribution in [0.5, 0.6) is 0 Å². The van der Waals surface area contributed by atoms with Crippen LogP contribution in [-0.4, -0.2) is 36.5 Å². The molecule has 196 valence electrons. The second-order valence-electron chi connectivity index (χ2n) is 9.63. The van der Waals surface area contributed by atoms with Crippen LogP contribution in [-0.2, 0) is 30.2 Å². The summed E-state index contributed by atoms with van der Waals surface area (Å²) in [6.45, 7) is 8.77. The Kier molecular flexibility index (Phi) is 8.78. The predicted molar refractivity (Wildman–Crippen MR) is 149 cm³/mol. The molecule has 1 unspecified atom stereocenters. The topological polar surface area (TPSA) is 61.8 Å². The molecule has 1 aliphatic heterocycles. The third-order valence-corrected chi connectivity index (χ3v) is 8.83. The van der Waals surface area contributed by atoms with Gasteiger partial charge in [-0.2, -0.15) is 0 Å². The second kappa shape index (κ2) is 11.8. The Morgan fingerprint density at radius 2 is 1.62 bits per heavy atom. The van der Waals surface area contributed by atoms with Crippen molar-refractivity contribution in [3.05, 3.63) is 76.2 Å². The molecule has 7 heteroatoms. The number of thiophene rings is 1. The van der Waals surface area contributed by atoms with E-state index in [1.54, 1.807) is 23.1 Å². The zero-order valence-electron chi connectivity index (χ0n) is 22.1. The molecule has 1 aromatic heterocycles. The minimum atomic E-state index is -0.722. The summed E-state index contributed by atoms with van der Waals surface area (Å²) in [5.74, 6) is -0.950. The summed E-state index contributed by atoms with van der Waals surface area (Å²) < 4.78 is 17.7. The average molecular weight is 539 g/mol. The van der Waals surface area contributed by atoms with Crippen LogP contribution in [0.15, 0.2) is 59.5 Å². The minimum Gasteiger partial charge on any atom is -0.458 e. The van der Waals surface area contributed by atoms with Crippen molar-refractivity contribution < 1.29 is 23.8 Å². The number of carbonyl (C=O) groups excluding carboxylic acids is 2. The SMILES string of the molecule is CSc1ccc(-c2ccc(Cc3cc(C4O[C@H](C)[C@@H](C)[C@H](OC(C)=O)[C@H]4OC(C)=O)ccc3C)s2)cc1. The predicted octanol–water partition coefficient (Wildman–Crippen LogP) is 7.00. The standard InChI is InChI=1S/C30H34O5S2/c1-17-7-8-23(29-30(35-21(5)32)28(34-20(4)31)18(2)19(3)33-29)15-24(17)16-26-13-14-27(37-26)22-9-11-25(36-6)12-10-22/h7-15,18-19,28-30H,16H2,1-6H3/t18-,19-,28+,29?,30-/m1/s1. The van der Waals surface area contributed by atoms with Gasteiger partial charge in [-0.25, -0.2) is 0 Å². The Morgan fingerprint density at radius 1 is 0.946 bits per heavy atom. The lowest BCUT2D eigenvalue weighted by atomic mass is 9.85. The van der Waals surface area contributed by atoms with Gasteiger partial charge in [-0.05, 0) is 66.6 Å². The van der Waals surface area contributed by atoms with Gasteiger partial charge < -0.3 is 14.2 Å². The monoisotopic (exact) mass is 538 g/mol. The molecule has 3 aromatic rings. The summed E-state index contributed by atoms with van der Waals surface area (Å²) >= 11 is 3.54. The Labute approximate surface area is 227 Å². The van der Waals surface area contributed by atoms with Crippen LogP contribution in [0, 0.1) is 12.8 Å². The van der Waals surface area contributed by atoms with E-state index in [0.29, 0.717) is 0 Å². The number of hydrogen-bond acceptors (Lipinski definition) is 7. The van der Waals surface area contributed by atoms with E-state index in [0.717, 1.165) is 12.0 Å². The molecule has 1 saturated heterocycles. The molecule has 5 nitrogen and oxygen atoms in total. The fourth-order valence-corrected chi connectivity index (χ4v) is 6.20. The maximum Gasteiger partial charge on any atom is 0.303 e. The lowest BCUT2D eigenvalue weighted by Crippen LogP contribution is -2.52. The number of thioether (sulfide) groups is 1. The fourth-order valence-electron chi connectivity index (χ4n) is 4.76. The van der Waals surface area contributed by atoms with E-state index in [4.69, 9.17) is 14.2 Å². The number of carbonyl (C=O) groups is 2. The van der Waals surface area contributed by atoms with E-state index < -0.39 is 30.3 Å². The van der Waals surface area contributed by atoms with Gasteiger partial charge in [-0.1, -0.05) is 37.3 Å². The molecule has 0 spiro atoms. The van der Waals surface area contributed by atoms with Gasteiger partial charge in [0, 0.05) is 40.8 Å². The number of ether oxygens (including phenoxy) is 3. The van der Waals surface area contributed by atoms with Gasteiger partial charge in [0.25, 0.3) is 0 Å². The first kappa shape index (κ1) is 27.4. The molecule has 5 atom stereocenters. The van der Waals surface area contributed by atoms with E-state index in [-0.39, 0.29) is 12.0 Å². The van der Waals surface area contributed by atoms with E-state index in [1.165, 1.54) is 45.2 Å². The van der Waals surface area contributed by atoms with Crippen molar-refractivity contribution in [2.24, 2.45) is 5.92 Å². The highest BCUT2D eigenvalue weighted by Gasteiger charge is 2.47. The van der Waals surface area contributed by atoms with Crippen LogP contribution >= 0.6 is 23.1 Å². The molecule has 0 radical (unpaired) electrons. The van der Waals surface area contributed by atoms with Gasteiger partial charge in [0.1, 0.15) is 12.2 Å². The van der Waals surface area contributed by atoms with E-state index in [2.05, 4.69) is 61.7 Å². The van der Waals surface area contributed by atoms with Crippen LogP contribution in [0.3, 0.4) is 0 Å². The summed E-state index contributed by atoms with van der Waals surface area (Å²) in [7, 11) is 0. The molecular formula is C30H34O5S2. The lowest BCUT2D eigenvalue weighted by molar-refractivity contribution is -0.222. The third-order valence-electron chi connectivity index (χ3n) is 6.95. The summed E-state index contributed by atoms with van der Waals surface area (Å²) in [5.41, 5.74) is 4.50. The molecule has 0 N–H and O–H groups in total. The van der Waals surface area contributed by atoms with E-state index in [9.17, 15) is 9.59 Å². The van der Waals surface area contributed by atoms with Crippen molar-refractivity contribution in [2.45, 2.75) is 70.4 Å². The Balaban J connectivity index is 1.61. The second-order valence-corrected chi connectivity index (χ2v) is 11.7. The van der Waals surface area contributed by atoms with Crippen LogP contribution in [0.1, 0.15) is 55.4 Å². The number of hydrogen-bond donors (Lipinski definition) is 0. The minimum absolute atomic E-state index is 0.121. The Hall–Kier alpha value is -2.61. The zero-order chi connectivity index (χ0) is 26.7. The van der Waals surface area contributed by atoms with Crippen molar-refractivity contribution in [1.29, 1.82) is 0 Å². The summed E-state index contributed by atoms with van der Waals surface area (Å²) in [5, 5.41) is 0. The molecule has 2 heterocycles. The smallest absolute Gasteiger partial charge is 0.303 e. The number of rotatable bonds is 7. The van der Waals surface area contributed by atoms with Crippen molar-refractivity contribution >= 4 is 35.0 Å². The number of esters is 2. The van der Waals surface area contributed by atoms with Crippen molar-refractivity contribution in [3.8, 4) is 10.4 Å². The average Bonchev–Trinajstić information content (AvgIpc) is 3.33. The Bertz CT molecular complexity index is 1250. The van der Waals surface area contributed by atoms with E-state index in [1.807, 2.05) is 19.9 Å². The van der Waals surface area contributed by atoms with Gasteiger partial charge in [-0.3, -0.25) is 9.59 Å². The van der Waals surface area contributed by atoms with Crippen LogP contribution < -0.4 is 0 Å². The quantitative estimate of drug-likeness (QED) is 0.239. The number of benzene rings is 2. The maximum atomic E-state index is 12.0. The first-order valence-electron chi connectivity index (χ1n) is 12.5. The van der Waals surface area contributed by atoms with Crippen LogP contribution in [0.25, 0.3) is 10.4 Å². The first-order chi connectivity index (χ1) is 17.7. The maximum absolute atomic E-state index is 12.0. The zero-order valence-corrected chi connectivity index (χ0v) is 23.8. The van der Waals surface area contributed by atoms with Gasteiger partial charge in [0.15, 0.2) is 6.10 Å². The fraction of sp³-hybridized carbons (Fsp3) is 0.400. The largest absolute Gasteiger partial charge is 0.458 e. The molecular weight excluding hydrogens is 504 g/mol. The van der Waals surface area contributed by atoms with Gasteiger partial charge >= 0.3 is 11.9 Å². The Morgan fingerprint density at radius 3 is 2.27 bits per heavy atom. The molecule has 0 bridgehead atoms. The third kappa shape index (κ3) is 6.46. The first-order valence-corrected chi connectivity index (χ1v) is 14.5. The van der Waals surface area contributed by atoms with Gasteiger partial charge in [0.05, 0.1) is 6.10 Å². The van der Waals surface area contributed by atoms with E-state index >= 15 is 0 Å². The summed E-state index contributed by atoms with van der Waals surface area (Å²) in [6, 6.07) is 19.3. The number of aryl methyl sites for hydroxylation is 1.